The van der Waals surface area contributed by atoms with Crippen LogP contribution in [0.2, 0.25) is 0 Å². The van der Waals surface area contributed by atoms with Crippen LogP contribution in [-0.4, -0.2) is 12.2 Å². The van der Waals surface area contributed by atoms with Crippen LogP contribution in [0.25, 0.3) is 0 Å². The number of hydrogen-bond acceptors (Lipinski definition) is 2. The van der Waals surface area contributed by atoms with Crippen molar-refractivity contribution in [1.82, 2.24) is 0 Å². The molecular weight excluding hydrogens is 206 g/mol. The minimum atomic E-state index is 0.184. The van der Waals surface area contributed by atoms with Crippen molar-refractivity contribution < 1.29 is 4.79 Å². The fourth-order valence-electron chi connectivity index (χ4n) is 1.50. The Morgan fingerprint density at radius 1 is 1.47 bits per heavy atom. The molecule has 0 atom stereocenters. The molecule has 15 heavy (non-hydrogen) atoms. The van der Waals surface area contributed by atoms with Crippen LogP contribution in [-0.2, 0) is 10.5 Å². The topological polar surface area (TPSA) is 29.1 Å². The van der Waals surface area contributed by atoms with Crippen LogP contribution >= 0.6 is 11.8 Å². The predicted octanol–water partition coefficient (Wildman–Crippen LogP) is 2.90. The molecule has 0 bridgehead atoms. The monoisotopic (exact) mass is 221 g/mol. The first-order valence-electron chi connectivity index (χ1n) is 5.19. The number of amides is 1. The molecule has 0 saturated heterocycles. The Kier molecular flexibility index (Phi) is 3.31. The standard InChI is InChI=1S/C12H15NOS/c1-15-8-10-4-2-3-5-11(10)13-12(14)9-6-7-9/h2-5,9H,6-8H2,1H3,(H,13,14). The summed E-state index contributed by atoms with van der Waals surface area (Å²) in [5, 5.41) is 3.00. The molecule has 0 spiro atoms. The van der Waals surface area contributed by atoms with Gasteiger partial charge in [0, 0.05) is 17.4 Å². The van der Waals surface area contributed by atoms with Gasteiger partial charge < -0.3 is 5.32 Å². The average molecular weight is 221 g/mol. The third-order valence-corrected chi connectivity index (χ3v) is 3.12. The molecule has 1 N–H and O–H groups in total. The van der Waals surface area contributed by atoms with Gasteiger partial charge in [0.05, 0.1) is 0 Å². The first kappa shape index (κ1) is 10.6. The van der Waals surface area contributed by atoms with E-state index in [0.29, 0.717) is 0 Å². The second-order valence-electron chi connectivity index (χ2n) is 3.85. The summed E-state index contributed by atoms with van der Waals surface area (Å²) in [5.74, 6) is 1.40. The number of anilines is 1. The Balaban J connectivity index is 2.08. The van der Waals surface area contributed by atoms with Crippen LogP contribution in [0.5, 0.6) is 0 Å². The highest BCUT2D eigenvalue weighted by molar-refractivity contribution is 7.97. The van der Waals surface area contributed by atoms with Crippen molar-refractivity contribution in [3.63, 3.8) is 0 Å². The van der Waals surface area contributed by atoms with E-state index in [4.69, 9.17) is 0 Å². The summed E-state index contributed by atoms with van der Waals surface area (Å²) in [7, 11) is 0. The van der Waals surface area contributed by atoms with Gasteiger partial charge in [-0.1, -0.05) is 18.2 Å². The van der Waals surface area contributed by atoms with Crippen LogP contribution in [0.1, 0.15) is 18.4 Å². The Hall–Kier alpha value is -0.960. The molecule has 1 aromatic rings. The van der Waals surface area contributed by atoms with Gasteiger partial charge >= 0.3 is 0 Å². The highest BCUT2D eigenvalue weighted by Crippen LogP contribution is 2.31. The molecule has 1 aliphatic rings. The summed E-state index contributed by atoms with van der Waals surface area (Å²) in [4.78, 5) is 11.6. The van der Waals surface area contributed by atoms with E-state index in [1.54, 1.807) is 11.8 Å². The fraction of sp³-hybridized carbons (Fsp3) is 0.417. The maximum atomic E-state index is 11.6. The average Bonchev–Trinajstić information content (AvgIpc) is 3.04. The molecule has 1 fully saturated rings. The van der Waals surface area contributed by atoms with E-state index in [1.165, 1.54) is 5.56 Å². The van der Waals surface area contributed by atoms with E-state index in [-0.39, 0.29) is 11.8 Å². The van der Waals surface area contributed by atoms with Crippen molar-refractivity contribution in [2.45, 2.75) is 18.6 Å². The van der Waals surface area contributed by atoms with Gasteiger partial charge in [-0.3, -0.25) is 4.79 Å². The summed E-state index contributed by atoms with van der Waals surface area (Å²) in [6.07, 6.45) is 4.17. The summed E-state index contributed by atoms with van der Waals surface area (Å²) >= 11 is 1.77. The first-order chi connectivity index (χ1) is 7.31. The lowest BCUT2D eigenvalue weighted by Gasteiger charge is -2.09. The van der Waals surface area contributed by atoms with Gasteiger partial charge in [-0.15, -0.1) is 0 Å². The Morgan fingerprint density at radius 3 is 2.87 bits per heavy atom. The summed E-state index contributed by atoms with van der Waals surface area (Å²) in [6.45, 7) is 0. The van der Waals surface area contributed by atoms with E-state index in [2.05, 4.69) is 17.6 Å². The predicted molar refractivity (Wildman–Crippen MR) is 65.0 cm³/mol. The van der Waals surface area contributed by atoms with Crippen molar-refractivity contribution in [3.05, 3.63) is 29.8 Å². The second kappa shape index (κ2) is 4.71. The molecule has 0 heterocycles. The highest BCUT2D eigenvalue weighted by Gasteiger charge is 2.29. The van der Waals surface area contributed by atoms with Gasteiger partial charge in [-0.25, -0.2) is 0 Å². The van der Waals surface area contributed by atoms with Crippen LogP contribution < -0.4 is 5.32 Å². The van der Waals surface area contributed by atoms with Gasteiger partial charge in [-0.05, 0) is 30.7 Å². The molecule has 0 aromatic heterocycles. The van der Waals surface area contributed by atoms with Gasteiger partial charge in [0.2, 0.25) is 5.91 Å². The number of thioether (sulfide) groups is 1. The second-order valence-corrected chi connectivity index (χ2v) is 4.72. The minimum absolute atomic E-state index is 0.184. The van der Waals surface area contributed by atoms with E-state index >= 15 is 0 Å². The molecule has 3 heteroatoms. The number of benzene rings is 1. The number of hydrogen-bond donors (Lipinski definition) is 1. The Bertz CT molecular complexity index is 360. The zero-order valence-electron chi connectivity index (χ0n) is 8.82. The maximum Gasteiger partial charge on any atom is 0.227 e. The number of carbonyl (C=O) groups excluding carboxylic acids is 1. The molecule has 0 aliphatic heterocycles. The fourth-order valence-corrected chi connectivity index (χ4v) is 2.07. The largest absolute Gasteiger partial charge is 0.326 e. The summed E-state index contributed by atoms with van der Waals surface area (Å²) in [6, 6.07) is 8.02. The molecule has 1 amide bonds. The first-order valence-corrected chi connectivity index (χ1v) is 6.58. The molecule has 0 radical (unpaired) electrons. The third-order valence-electron chi connectivity index (χ3n) is 2.52. The van der Waals surface area contributed by atoms with Gasteiger partial charge in [0.15, 0.2) is 0 Å². The highest BCUT2D eigenvalue weighted by atomic mass is 32.2. The van der Waals surface area contributed by atoms with Crippen LogP contribution in [0, 0.1) is 5.92 Å². The van der Waals surface area contributed by atoms with E-state index in [0.717, 1.165) is 24.3 Å². The number of para-hydroxylation sites is 1. The minimum Gasteiger partial charge on any atom is -0.326 e. The maximum absolute atomic E-state index is 11.6. The molecule has 2 rings (SSSR count). The van der Waals surface area contributed by atoms with Gasteiger partial charge in [0.25, 0.3) is 0 Å². The zero-order valence-corrected chi connectivity index (χ0v) is 9.64. The normalized spacial score (nSPS) is 15.0. The van der Waals surface area contributed by atoms with E-state index in [1.807, 2.05) is 18.2 Å². The van der Waals surface area contributed by atoms with Crippen molar-refractivity contribution in [1.29, 1.82) is 0 Å². The Morgan fingerprint density at radius 2 is 2.20 bits per heavy atom. The van der Waals surface area contributed by atoms with Crippen molar-refractivity contribution >= 4 is 23.4 Å². The number of carbonyl (C=O) groups is 1. The van der Waals surface area contributed by atoms with Crippen molar-refractivity contribution in [3.8, 4) is 0 Å². The molecule has 0 unspecified atom stereocenters. The smallest absolute Gasteiger partial charge is 0.227 e. The molecular formula is C12H15NOS. The third kappa shape index (κ3) is 2.75. The van der Waals surface area contributed by atoms with Crippen LogP contribution in [0.15, 0.2) is 24.3 Å². The lowest BCUT2D eigenvalue weighted by atomic mass is 10.2. The lowest BCUT2D eigenvalue weighted by molar-refractivity contribution is -0.117. The van der Waals surface area contributed by atoms with Crippen molar-refractivity contribution in [2.75, 3.05) is 11.6 Å². The van der Waals surface area contributed by atoms with E-state index in [9.17, 15) is 4.79 Å². The summed E-state index contributed by atoms with van der Waals surface area (Å²) < 4.78 is 0. The van der Waals surface area contributed by atoms with Gasteiger partial charge in [0.1, 0.15) is 0 Å². The lowest BCUT2D eigenvalue weighted by Crippen LogP contribution is -2.14. The van der Waals surface area contributed by atoms with Crippen LogP contribution in [0.3, 0.4) is 0 Å². The number of nitrogens with one attached hydrogen (secondary N) is 1. The van der Waals surface area contributed by atoms with Crippen molar-refractivity contribution in [2.24, 2.45) is 5.92 Å². The summed E-state index contributed by atoms with van der Waals surface area (Å²) in [5.41, 5.74) is 2.18. The zero-order chi connectivity index (χ0) is 10.7. The molecule has 1 saturated carbocycles. The molecule has 2 nitrogen and oxygen atoms in total. The van der Waals surface area contributed by atoms with Crippen LogP contribution in [0.4, 0.5) is 5.69 Å². The van der Waals surface area contributed by atoms with Gasteiger partial charge in [-0.2, -0.15) is 11.8 Å². The molecule has 1 aliphatic carbocycles. The quantitative estimate of drug-likeness (QED) is 0.847. The number of rotatable bonds is 4. The Labute approximate surface area is 94.4 Å². The molecule has 1 aromatic carbocycles. The SMILES string of the molecule is CSCc1ccccc1NC(=O)C1CC1. The van der Waals surface area contributed by atoms with E-state index < -0.39 is 0 Å². The molecule has 80 valence electrons.